The molecule has 152 valence electrons. The predicted molar refractivity (Wildman–Crippen MR) is 116 cm³/mol. The van der Waals surface area contributed by atoms with Crippen molar-refractivity contribution in [3.05, 3.63) is 35.4 Å². The van der Waals surface area contributed by atoms with E-state index < -0.39 is 6.10 Å². The van der Waals surface area contributed by atoms with Crippen LogP contribution in [0.15, 0.2) is 24.3 Å². The molecule has 0 fully saturated rings. The van der Waals surface area contributed by atoms with Gasteiger partial charge in [-0.1, -0.05) is 31.2 Å². The zero-order valence-electron chi connectivity index (χ0n) is 16.8. The van der Waals surface area contributed by atoms with Crippen molar-refractivity contribution in [2.24, 2.45) is 0 Å². The largest absolute Gasteiger partial charge is 0.390 e. The fourth-order valence-electron chi connectivity index (χ4n) is 3.60. The zero-order chi connectivity index (χ0) is 20.4. The van der Waals surface area contributed by atoms with Gasteiger partial charge in [0.25, 0.3) is 0 Å². The molecule has 3 aromatic rings. The summed E-state index contributed by atoms with van der Waals surface area (Å²) in [6, 6.07) is 7.79. The van der Waals surface area contributed by atoms with E-state index in [2.05, 4.69) is 48.1 Å². The molecule has 9 nitrogen and oxygen atoms in total. The first-order valence-corrected chi connectivity index (χ1v) is 9.86. The lowest BCUT2D eigenvalue weighted by atomic mass is 10.1. The topological polar surface area (TPSA) is 120 Å². The molecular formula is C20H26N8O. The number of fused-ring (bicyclic) bond motifs is 2. The van der Waals surface area contributed by atoms with Crippen molar-refractivity contribution in [2.45, 2.75) is 31.9 Å². The Kier molecular flexibility index (Phi) is 5.30. The van der Waals surface area contributed by atoms with E-state index in [1.165, 1.54) is 0 Å². The van der Waals surface area contributed by atoms with Crippen LogP contribution in [0.2, 0.25) is 0 Å². The lowest BCUT2D eigenvalue weighted by Crippen LogP contribution is -2.22. The smallest absolute Gasteiger partial charge is 0.225 e. The number of rotatable bonds is 7. The van der Waals surface area contributed by atoms with Gasteiger partial charge in [0.1, 0.15) is 11.0 Å². The fourth-order valence-corrected chi connectivity index (χ4v) is 3.60. The number of hydrogen-bond donors (Lipinski definition) is 5. The minimum atomic E-state index is -0.543. The Balaban J connectivity index is 1.83. The van der Waals surface area contributed by atoms with E-state index >= 15 is 0 Å². The average molecular weight is 394 g/mol. The maximum Gasteiger partial charge on any atom is 0.225 e. The maximum absolute atomic E-state index is 10.7. The maximum atomic E-state index is 10.7. The van der Waals surface area contributed by atoms with Gasteiger partial charge in [-0.3, -0.25) is 0 Å². The third-order valence-corrected chi connectivity index (χ3v) is 5.03. The Hall–Kier alpha value is -3.20. The van der Waals surface area contributed by atoms with E-state index in [4.69, 9.17) is 0 Å². The van der Waals surface area contributed by atoms with E-state index in [-0.39, 0.29) is 6.04 Å². The van der Waals surface area contributed by atoms with E-state index in [0.29, 0.717) is 41.0 Å². The van der Waals surface area contributed by atoms with Crippen LogP contribution in [0.25, 0.3) is 11.0 Å². The summed E-state index contributed by atoms with van der Waals surface area (Å²) in [4.78, 5) is 18.3. The molecule has 1 aliphatic carbocycles. The molecule has 0 saturated heterocycles. The standard InChI is InChI=1S/C20H26N8O/c1-4-9-23-17-15-16(26-19(21-2)27-17)18(28-20(22-3)25-15)24-14-12-8-6-5-7-11(12)10-13(14)29/h5-8,13-14,29H,4,9-10H2,1-3H3,(H2,21,23,26,27)(H2,22,24,25,28)/t13-,14-/m1/s1. The summed E-state index contributed by atoms with van der Waals surface area (Å²) < 4.78 is 0. The van der Waals surface area contributed by atoms with Crippen LogP contribution in [0.4, 0.5) is 23.5 Å². The van der Waals surface area contributed by atoms with E-state index in [1.54, 1.807) is 14.1 Å². The van der Waals surface area contributed by atoms with Gasteiger partial charge < -0.3 is 26.4 Å². The molecule has 5 N–H and O–H groups in total. The second-order valence-corrected chi connectivity index (χ2v) is 7.01. The molecule has 0 amide bonds. The molecule has 1 aliphatic rings. The highest BCUT2D eigenvalue weighted by molar-refractivity contribution is 5.94. The number of aromatic nitrogens is 4. The van der Waals surface area contributed by atoms with Crippen molar-refractivity contribution >= 4 is 34.6 Å². The van der Waals surface area contributed by atoms with Crippen molar-refractivity contribution in [1.29, 1.82) is 0 Å². The molecule has 0 aliphatic heterocycles. The first-order chi connectivity index (χ1) is 14.1. The minimum absolute atomic E-state index is 0.269. The van der Waals surface area contributed by atoms with Gasteiger partial charge in [-0.2, -0.15) is 9.97 Å². The number of aliphatic hydroxyl groups is 1. The zero-order valence-corrected chi connectivity index (χ0v) is 16.8. The quantitative estimate of drug-likeness (QED) is 0.411. The minimum Gasteiger partial charge on any atom is -0.390 e. The molecule has 29 heavy (non-hydrogen) atoms. The third kappa shape index (κ3) is 3.61. The number of nitrogens with zero attached hydrogens (tertiary/aromatic N) is 4. The summed E-state index contributed by atoms with van der Waals surface area (Å²) in [7, 11) is 3.55. The van der Waals surface area contributed by atoms with Crippen molar-refractivity contribution in [1.82, 2.24) is 19.9 Å². The molecule has 0 spiro atoms. The normalized spacial score (nSPS) is 17.8. The second-order valence-electron chi connectivity index (χ2n) is 7.01. The van der Waals surface area contributed by atoms with Crippen molar-refractivity contribution in [3.8, 4) is 0 Å². The van der Waals surface area contributed by atoms with E-state index in [1.807, 2.05) is 24.3 Å². The fraction of sp³-hybridized carbons (Fsp3) is 0.400. The summed E-state index contributed by atoms with van der Waals surface area (Å²) in [6.07, 6.45) is 1.02. The molecule has 0 radical (unpaired) electrons. The molecule has 0 unspecified atom stereocenters. The Morgan fingerprint density at radius 2 is 1.62 bits per heavy atom. The van der Waals surface area contributed by atoms with Gasteiger partial charge in [0.15, 0.2) is 11.6 Å². The first kappa shape index (κ1) is 19.1. The highest BCUT2D eigenvalue weighted by Gasteiger charge is 2.32. The second kappa shape index (κ2) is 8.04. The van der Waals surface area contributed by atoms with Crippen LogP contribution < -0.4 is 21.3 Å². The number of hydrogen-bond acceptors (Lipinski definition) is 9. The molecule has 4 rings (SSSR count). The third-order valence-electron chi connectivity index (χ3n) is 5.03. The average Bonchev–Trinajstić information content (AvgIpc) is 3.06. The lowest BCUT2D eigenvalue weighted by molar-refractivity contribution is 0.165. The lowest BCUT2D eigenvalue weighted by Gasteiger charge is -2.20. The van der Waals surface area contributed by atoms with Crippen LogP contribution in [0.3, 0.4) is 0 Å². The number of aliphatic hydroxyl groups excluding tert-OH is 1. The van der Waals surface area contributed by atoms with Crippen LogP contribution in [-0.2, 0) is 6.42 Å². The molecule has 2 heterocycles. The van der Waals surface area contributed by atoms with Crippen molar-refractivity contribution in [3.63, 3.8) is 0 Å². The molecule has 0 bridgehead atoms. The molecule has 0 saturated carbocycles. The van der Waals surface area contributed by atoms with Gasteiger partial charge in [-0.25, -0.2) is 9.97 Å². The van der Waals surface area contributed by atoms with E-state index in [0.717, 1.165) is 24.1 Å². The summed E-state index contributed by atoms with van der Waals surface area (Å²) in [6.45, 7) is 2.86. The highest BCUT2D eigenvalue weighted by Crippen LogP contribution is 2.36. The van der Waals surface area contributed by atoms with Gasteiger partial charge in [0, 0.05) is 27.1 Å². The molecule has 9 heteroatoms. The highest BCUT2D eigenvalue weighted by atomic mass is 16.3. The Morgan fingerprint density at radius 1 is 0.966 bits per heavy atom. The van der Waals surface area contributed by atoms with Gasteiger partial charge in [0.05, 0.1) is 12.1 Å². The Labute approximate surface area is 169 Å². The number of nitrogens with one attached hydrogen (secondary N) is 4. The van der Waals surface area contributed by atoms with Crippen LogP contribution >= 0.6 is 0 Å². The molecular weight excluding hydrogens is 368 g/mol. The van der Waals surface area contributed by atoms with E-state index in [9.17, 15) is 5.11 Å². The molecule has 2 aromatic heterocycles. The van der Waals surface area contributed by atoms with Crippen molar-refractivity contribution < 1.29 is 5.11 Å². The van der Waals surface area contributed by atoms with Crippen LogP contribution in [-0.4, -0.2) is 51.8 Å². The van der Waals surface area contributed by atoms with Crippen LogP contribution in [0.5, 0.6) is 0 Å². The van der Waals surface area contributed by atoms with Crippen LogP contribution in [0, 0.1) is 0 Å². The summed E-state index contributed by atoms with van der Waals surface area (Å²) >= 11 is 0. The van der Waals surface area contributed by atoms with Gasteiger partial charge in [-0.15, -0.1) is 0 Å². The Morgan fingerprint density at radius 3 is 2.31 bits per heavy atom. The summed E-state index contributed by atoms with van der Waals surface area (Å²) in [5, 5.41) is 23.4. The summed E-state index contributed by atoms with van der Waals surface area (Å²) in [5.41, 5.74) is 3.43. The predicted octanol–water partition coefficient (Wildman–Crippen LogP) is 2.40. The first-order valence-electron chi connectivity index (χ1n) is 9.86. The number of anilines is 4. The van der Waals surface area contributed by atoms with Gasteiger partial charge in [-0.05, 0) is 17.5 Å². The van der Waals surface area contributed by atoms with Gasteiger partial charge >= 0.3 is 0 Å². The van der Waals surface area contributed by atoms with Crippen LogP contribution in [0.1, 0.15) is 30.5 Å². The monoisotopic (exact) mass is 394 g/mol. The van der Waals surface area contributed by atoms with Crippen molar-refractivity contribution in [2.75, 3.05) is 41.9 Å². The van der Waals surface area contributed by atoms with Gasteiger partial charge in [0.2, 0.25) is 11.9 Å². The molecule has 2 atom stereocenters. The SMILES string of the molecule is CCCNc1nc(NC)nc2c(N[C@@H]3c4ccccc4C[C@H]3O)nc(NC)nc12. The molecule has 1 aromatic carbocycles. The summed E-state index contributed by atoms with van der Waals surface area (Å²) in [5.74, 6) is 2.14. The Bertz CT molecular complexity index is 1020. The number of benzene rings is 1.